The first-order chi connectivity index (χ1) is 13.5. The standard InChI is InChI=1S/C20H41N5O4/c1-9-21-18(23-14-17(26)22-11-13-28-8)25(7)12-10-16(15(2)3)24-19(27)29-20(4,5)6/h15-16H,9-14H2,1-8H3,(H,21,23)(H,22,26)(H,24,27). The van der Waals surface area contributed by atoms with Crippen molar-refractivity contribution in [3.63, 3.8) is 0 Å². The number of carbonyl (C=O) groups excluding carboxylic acids is 2. The number of hydrogen-bond donors (Lipinski definition) is 3. The SMILES string of the molecule is CCNC(=NCC(=O)NCCOC)N(C)CCC(NC(=O)OC(C)(C)C)C(C)C. The Morgan fingerprint density at radius 2 is 1.83 bits per heavy atom. The summed E-state index contributed by atoms with van der Waals surface area (Å²) in [6.45, 7) is 14.0. The topological polar surface area (TPSA) is 104 Å². The molecule has 0 spiro atoms. The van der Waals surface area contributed by atoms with E-state index in [2.05, 4.69) is 34.8 Å². The summed E-state index contributed by atoms with van der Waals surface area (Å²) >= 11 is 0. The second kappa shape index (κ2) is 14.0. The van der Waals surface area contributed by atoms with Crippen LogP contribution in [0, 0.1) is 5.92 Å². The van der Waals surface area contributed by atoms with E-state index in [1.165, 1.54) is 0 Å². The van der Waals surface area contributed by atoms with Gasteiger partial charge in [-0.2, -0.15) is 0 Å². The summed E-state index contributed by atoms with van der Waals surface area (Å²) in [7, 11) is 3.50. The third kappa shape index (κ3) is 13.7. The molecule has 0 bridgehead atoms. The Morgan fingerprint density at radius 1 is 1.17 bits per heavy atom. The molecule has 2 amide bonds. The maximum atomic E-state index is 12.1. The van der Waals surface area contributed by atoms with Crippen molar-refractivity contribution in [1.29, 1.82) is 0 Å². The predicted octanol–water partition coefficient (Wildman–Crippen LogP) is 1.59. The molecule has 170 valence electrons. The lowest BCUT2D eigenvalue weighted by atomic mass is 10.0. The summed E-state index contributed by atoms with van der Waals surface area (Å²) in [5.74, 6) is 0.744. The lowest BCUT2D eigenvalue weighted by Crippen LogP contribution is -2.45. The van der Waals surface area contributed by atoms with Crippen molar-refractivity contribution in [1.82, 2.24) is 20.9 Å². The van der Waals surface area contributed by atoms with Gasteiger partial charge in [0.2, 0.25) is 5.91 Å². The highest BCUT2D eigenvalue weighted by atomic mass is 16.6. The molecule has 9 heteroatoms. The molecule has 0 saturated heterocycles. The number of nitrogens with zero attached hydrogens (tertiary/aromatic N) is 2. The first kappa shape index (κ1) is 27.0. The Bertz CT molecular complexity index is 517. The highest BCUT2D eigenvalue weighted by Crippen LogP contribution is 2.11. The van der Waals surface area contributed by atoms with E-state index in [0.29, 0.717) is 32.2 Å². The second-order valence-corrected chi connectivity index (χ2v) is 8.22. The van der Waals surface area contributed by atoms with E-state index in [0.717, 1.165) is 6.42 Å². The number of methoxy groups -OCH3 is 1. The van der Waals surface area contributed by atoms with Gasteiger partial charge in [0.05, 0.1) is 6.61 Å². The molecule has 0 aromatic heterocycles. The molecule has 0 rings (SSSR count). The second-order valence-electron chi connectivity index (χ2n) is 8.22. The Kier molecular flexibility index (Phi) is 13.0. The number of nitrogens with one attached hydrogen (secondary N) is 3. The van der Waals surface area contributed by atoms with E-state index in [9.17, 15) is 9.59 Å². The molecule has 0 fully saturated rings. The van der Waals surface area contributed by atoms with E-state index >= 15 is 0 Å². The number of aliphatic imine (C=N–C) groups is 1. The Balaban J connectivity index is 4.76. The van der Waals surface area contributed by atoms with E-state index in [1.807, 2.05) is 39.6 Å². The van der Waals surface area contributed by atoms with Gasteiger partial charge in [-0.25, -0.2) is 9.79 Å². The fourth-order valence-electron chi connectivity index (χ4n) is 2.43. The highest BCUT2D eigenvalue weighted by molar-refractivity contribution is 5.84. The molecule has 0 aliphatic carbocycles. The van der Waals surface area contributed by atoms with Crippen molar-refractivity contribution in [2.45, 2.75) is 59.6 Å². The normalized spacial score (nSPS) is 13.1. The third-order valence-electron chi connectivity index (χ3n) is 3.98. The number of amides is 2. The van der Waals surface area contributed by atoms with E-state index in [-0.39, 0.29) is 24.4 Å². The van der Waals surface area contributed by atoms with Crippen LogP contribution < -0.4 is 16.0 Å². The number of guanidine groups is 1. The predicted molar refractivity (Wildman–Crippen MR) is 116 cm³/mol. The van der Waals surface area contributed by atoms with Gasteiger partial charge in [-0.1, -0.05) is 13.8 Å². The number of hydrogen-bond acceptors (Lipinski definition) is 5. The van der Waals surface area contributed by atoms with E-state index < -0.39 is 11.7 Å². The van der Waals surface area contributed by atoms with Crippen LogP contribution >= 0.6 is 0 Å². The summed E-state index contributed by atoms with van der Waals surface area (Å²) < 4.78 is 10.3. The van der Waals surface area contributed by atoms with Crippen LogP contribution in [0.4, 0.5) is 4.79 Å². The molecule has 0 aromatic rings. The van der Waals surface area contributed by atoms with Crippen LogP contribution in [0.3, 0.4) is 0 Å². The number of carbonyl (C=O) groups is 2. The summed E-state index contributed by atoms with van der Waals surface area (Å²) in [4.78, 5) is 30.3. The molecule has 0 heterocycles. The van der Waals surface area contributed by atoms with Crippen LogP contribution in [0.1, 0.15) is 48.0 Å². The van der Waals surface area contributed by atoms with Gasteiger partial charge < -0.3 is 30.3 Å². The molecular weight excluding hydrogens is 374 g/mol. The van der Waals surface area contributed by atoms with Crippen molar-refractivity contribution >= 4 is 18.0 Å². The van der Waals surface area contributed by atoms with Gasteiger partial charge >= 0.3 is 6.09 Å². The van der Waals surface area contributed by atoms with Gasteiger partial charge in [-0.05, 0) is 40.0 Å². The minimum atomic E-state index is -0.531. The lowest BCUT2D eigenvalue weighted by molar-refractivity contribution is -0.119. The third-order valence-corrected chi connectivity index (χ3v) is 3.98. The summed E-state index contributed by atoms with van der Waals surface area (Å²) in [5.41, 5.74) is -0.531. The fraction of sp³-hybridized carbons (Fsp3) is 0.850. The fourth-order valence-corrected chi connectivity index (χ4v) is 2.43. The molecule has 1 atom stereocenters. The van der Waals surface area contributed by atoms with Crippen molar-refractivity contribution in [3.8, 4) is 0 Å². The van der Waals surface area contributed by atoms with Crippen LogP contribution in [0.15, 0.2) is 4.99 Å². The van der Waals surface area contributed by atoms with E-state index in [4.69, 9.17) is 9.47 Å². The molecule has 1 unspecified atom stereocenters. The molecule has 29 heavy (non-hydrogen) atoms. The zero-order valence-electron chi connectivity index (χ0n) is 19.4. The van der Waals surface area contributed by atoms with Crippen molar-refractivity contribution < 1.29 is 19.1 Å². The van der Waals surface area contributed by atoms with Crippen molar-refractivity contribution in [3.05, 3.63) is 0 Å². The molecule has 9 nitrogen and oxygen atoms in total. The van der Waals surface area contributed by atoms with Crippen LogP contribution in [-0.4, -0.2) is 81.4 Å². The zero-order valence-corrected chi connectivity index (χ0v) is 19.4. The van der Waals surface area contributed by atoms with Gasteiger partial charge in [0.15, 0.2) is 5.96 Å². The molecular formula is C20H41N5O4. The summed E-state index contributed by atoms with van der Waals surface area (Å²) in [5, 5.41) is 8.89. The van der Waals surface area contributed by atoms with Gasteiger partial charge in [0, 0.05) is 39.8 Å². The van der Waals surface area contributed by atoms with Crippen molar-refractivity contribution in [2.75, 3.05) is 46.9 Å². The first-order valence-electron chi connectivity index (χ1n) is 10.2. The zero-order chi connectivity index (χ0) is 22.4. The maximum absolute atomic E-state index is 12.1. The molecule has 0 aromatic carbocycles. The van der Waals surface area contributed by atoms with Gasteiger partial charge in [-0.3, -0.25) is 4.79 Å². The summed E-state index contributed by atoms with van der Waals surface area (Å²) in [6, 6.07) is -0.0347. The summed E-state index contributed by atoms with van der Waals surface area (Å²) in [6.07, 6.45) is 0.310. The highest BCUT2D eigenvalue weighted by Gasteiger charge is 2.22. The Morgan fingerprint density at radius 3 is 2.34 bits per heavy atom. The number of ether oxygens (including phenoxy) is 2. The van der Waals surface area contributed by atoms with Gasteiger partial charge in [0.1, 0.15) is 12.1 Å². The van der Waals surface area contributed by atoms with Crippen LogP contribution in [0.5, 0.6) is 0 Å². The molecule has 0 radical (unpaired) electrons. The van der Waals surface area contributed by atoms with Gasteiger partial charge in [-0.15, -0.1) is 0 Å². The quantitative estimate of drug-likeness (QED) is 0.269. The Hall–Kier alpha value is -2.03. The van der Waals surface area contributed by atoms with Crippen molar-refractivity contribution in [2.24, 2.45) is 10.9 Å². The molecule has 3 N–H and O–H groups in total. The molecule has 0 aliphatic rings. The molecule has 0 saturated carbocycles. The van der Waals surface area contributed by atoms with E-state index in [1.54, 1.807) is 7.11 Å². The minimum Gasteiger partial charge on any atom is -0.444 e. The Labute approximate surface area is 176 Å². The maximum Gasteiger partial charge on any atom is 0.407 e. The minimum absolute atomic E-state index is 0.0347. The first-order valence-corrected chi connectivity index (χ1v) is 10.2. The largest absolute Gasteiger partial charge is 0.444 e. The molecule has 0 aliphatic heterocycles. The lowest BCUT2D eigenvalue weighted by Gasteiger charge is -2.28. The monoisotopic (exact) mass is 415 g/mol. The van der Waals surface area contributed by atoms with Crippen LogP contribution in [-0.2, 0) is 14.3 Å². The van der Waals surface area contributed by atoms with Crippen LogP contribution in [0.2, 0.25) is 0 Å². The smallest absolute Gasteiger partial charge is 0.407 e. The number of rotatable bonds is 11. The van der Waals surface area contributed by atoms with Gasteiger partial charge in [0.25, 0.3) is 0 Å². The number of alkyl carbamates (subject to hydrolysis) is 1. The van der Waals surface area contributed by atoms with Crippen LogP contribution in [0.25, 0.3) is 0 Å². The average Bonchev–Trinajstić information content (AvgIpc) is 2.60. The average molecular weight is 416 g/mol.